The number of nitrogens with zero attached hydrogens (tertiary/aromatic N) is 1. The second kappa shape index (κ2) is 6.63. The Bertz CT molecular complexity index is 658. The molecule has 0 aromatic heterocycles. The van der Waals surface area contributed by atoms with Crippen LogP contribution in [0.3, 0.4) is 0 Å². The van der Waals surface area contributed by atoms with Crippen LogP contribution >= 0.6 is 12.2 Å². The summed E-state index contributed by atoms with van der Waals surface area (Å²) >= 11 is 4.83. The number of benzene rings is 2. The van der Waals surface area contributed by atoms with Gasteiger partial charge in [0.05, 0.1) is 5.69 Å². The first-order valence-corrected chi connectivity index (χ1v) is 7.02. The average Bonchev–Trinajstić information content (AvgIpc) is 2.47. The van der Waals surface area contributed by atoms with Crippen molar-refractivity contribution < 1.29 is 8.78 Å². The fraction of sp³-hybridized carbons (Fsp3) is 0.188. The first-order valence-electron chi connectivity index (χ1n) is 6.61. The zero-order valence-electron chi connectivity index (χ0n) is 11.6. The van der Waals surface area contributed by atoms with Crippen molar-refractivity contribution in [2.24, 2.45) is 5.73 Å². The summed E-state index contributed by atoms with van der Waals surface area (Å²) in [5.74, 6) is -0.773. The van der Waals surface area contributed by atoms with E-state index < -0.39 is 5.82 Å². The van der Waals surface area contributed by atoms with E-state index in [1.54, 1.807) is 41.3 Å². The van der Waals surface area contributed by atoms with Crippen LogP contribution in [0.25, 0.3) is 0 Å². The predicted octanol–water partition coefficient (Wildman–Crippen LogP) is 3.63. The van der Waals surface area contributed by atoms with E-state index in [0.717, 1.165) is 0 Å². The van der Waals surface area contributed by atoms with Gasteiger partial charge in [-0.3, -0.25) is 0 Å². The van der Waals surface area contributed by atoms with Crippen molar-refractivity contribution in [1.82, 2.24) is 0 Å². The van der Waals surface area contributed by atoms with Crippen LogP contribution in [0.5, 0.6) is 0 Å². The molecule has 2 N–H and O–H groups in total. The maximum atomic E-state index is 14.3. The molecule has 110 valence electrons. The molecule has 0 saturated carbocycles. The lowest BCUT2D eigenvalue weighted by atomic mass is 10.1. The van der Waals surface area contributed by atoms with E-state index in [1.165, 1.54) is 6.07 Å². The molecule has 2 aromatic rings. The third kappa shape index (κ3) is 3.36. The van der Waals surface area contributed by atoms with E-state index in [9.17, 15) is 8.78 Å². The van der Waals surface area contributed by atoms with E-state index in [0.29, 0.717) is 17.8 Å². The minimum absolute atomic E-state index is 0.0169. The van der Waals surface area contributed by atoms with E-state index in [2.05, 4.69) is 0 Å². The standard InChI is InChI=1S/C16H16F2N2S/c1-2-20(14-9-4-3-8-13(14)17)10-11-6-5-7-12(15(11)18)16(19)21/h3-9H,2,10H2,1H3,(H2,19,21). The van der Waals surface area contributed by atoms with E-state index in [-0.39, 0.29) is 22.9 Å². The van der Waals surface area contributed by atoms with Crippen molar-refractivity contribution in [3.05, 3.63) is 65.2 Å². The summed E-state index contributed by atoms with van der Waals surface area (Å²) < 4.78 is 28.2. The largest absolute Gasteiger partial charge is 0.389 e. The lowest BCUT2D eigenvalue weighted by molar-refractivity contribution is 0.594. The predicted molar refractivity (Wildman–Crippen MR) is 85.4 cm³/mol. The van der Waals surface area contributed by atoms with Gasteiger partial charge in [-0.25, -0.2) is 8.78 Å². The Hall–Kier alpha value is -2.01. The number of hydrogen-bond acceptors (Lipinski definition) is 2. The molecule has 0 radical (unpaired) electrons. The van der Waals surface area contributed by atoms with Crippen LogP contribution in [0.4, 0.5) is 14.5 Å². The van der Waals surface area contributed by atoms with Gasteiger partial charge in [-0.2, -0.15) is 0 Å². The monoisotopic (exact) mass is 306 g/mol. The quantitative estimate of drug-likeness (QED) is 0.855. The van der Waals surface area contributed by atoms with Crippen LogP contribution in [0, 0.1) is 11.6 Å². The molecular weight excluding hydrogens is 290 g/mol. The molecule has 0 atom stereocenters. The van der Waals surface area contributed by atoms with Gasteiger partial charge in [0.1, 0.15) is 16.6 Å². The van der Waals surface area contributed by atoms with Gasteiger partial charge >= 0.3 is 0 Å². The Morgan fingerprint density at radius 1 is 1.14 bits per heavy atom. The molecule has 0 spiro atoms. The summed E-state index contributed by atoms with van der Waals surface area (Å²) in [6, 6.07) is 11.3. The van der Waals surface area contributed by atoms with Crippen LogP contribution < -0.4 is 10.6 Å². The van der Waals surface area contributed by atoms with Crippen LogP contribution in [-0.4, -0.2) is 11.5 Å². The average molecular weight is 306 g/mol. The first-order chi connectivity index (χ1) is 10.0. The zero-order chi connectivity index (χ0) is 15.4. The first kappa shape index (κ1) is 15.4. The van der Waals surface area contributed by atoms with Gasteiger partial charge in [-0.15, -0.1) is 0 Å². The molecule has 0 amide bonds. The molecule has 0 unspecified atom stereocenters. The van der Waals surface area contributed by atoms with Crippen molar-refractivity contribution in [3.8, 4) is 0 Å². The zero-order valence-corrected chi connectivity index (χ0v) is 12.5. The van der Waals surface area contributed by atoms with E-state index in [1.807, 2.05) is 6.92 Å². The highest BCUT2D eigenvalue weighted by molar-refractivity contribution is 7.80. The van der Waals surface area contributed by atoms with Crippen LogP contribution in [0.15, 0.2) is 42.5 Å². The topological polar surface area (TPSA) is 29.3 Å². The Balaban J connectivity index is 2.34. The highest BCUT2D eigenvalue weighted by Crippen LogP contribution is 2.22. The van der Waals surface area contributed by atoms with Gasteiger partial charge in [-0.05, 0) is 25.1 Å². The van der Waals surface area contributed by atoms with Crippen molar-refractivity contribution in [1.29, 1.82) is 0 Å². The van der Waals surface area contributed by atoms with Crippen molar-refractivity contribution in [2.75, 3.05) is 11.4 Å². The van der Waals surface area contributed by atoms with Gasteiger partial charge in [-0.1, -0.05) is 36.5 Å². The number of thiocarbonyl (C=S) groups is 1. The normalized spacial score (nSPS) is 10.4. The lowest BCUT2D eigenvalue weighted by Gasteiger charge is -2.24. The second-order valence-corrected chi connectivity index (χ2v) is 5.05. The Morgan fingerprint density at radius 2 is 1.86 bits per heavy atom. The van der Waals surface area contributed by atoms with Crippen LogP contribution in [-0.2, 0) is 6.54 Å². The summed E-state index contributed by atoms with van der Waals surface area (Å²) in [6.45, 7) is 2.69. The molecule has 0 fully saturated rings. The van der Waals surface area contributed by atoms with E-state index in [4.69, 9.17) is 18.0 Å². The molecule has 21 heavy (non-hydrogen) atoms. The summed E-state index contributed by atoms with van der Waals surface area (Å²) in [4.78, 5) is 1.78. The van der Waals surface area contributed by atoms with Crippen molar-refractivity contribution >= 4 is 22.9 Å². The summed E-state index contributed by atoms with van der Waals surface area (Å²) in [5.41, 5.74) is 6.59. The molecule has 2 rings (SSSR count). The van der Waals surface area contributed by atoms with Crippen LogP contribution in [0.1, 0.15) is 18.1 Å². The number of rotatable bonds is 5. The molecule has 0 saturated heterocycles. The maximum Gasteiger partial charge on any atom is 0.146 e. The Morgan fingerprint density at radius 3 is 2.48 bits per heavy atom. The van der Waals surface area contributed by atoms with Crippen molar-refractivity contribution in [2.45, 2.75) is 13.5 Å². The molecular formula is C16H16F2N2S. The van der Waals surface area contributed by atoms with Gasteiger partial charge in [0, 0.05) is 24.2 Å². The Labute approximate surface area is 128 Å². The number of nitrogens with two attached hydrogens (primary N) is 1. The summed E-state index contributed by atoms with van der Waals surface area (Å²) in [7, 11) is 0. The molecule has 2 nitrogen and oxygen atoms in total. The highest BCUT2D eigenvalue weighted by Gasteiger charge is 2.15. The molecule has 0 aliphatic rings. The fourth-order valence-corrected chi connectivity index (χ4v) is 2.33. The van der Waals surface area contributed by atoms with Gasteiger partial charge in [0.2, 0.25) is 0 Å². The Kier molecular flexibility index (Phi) is 4.85. The number of anilines is 1. The van der Waals surface area contributed by atoms with Gasteiger partial charge in [0.15, 0.2) is 0 Å². The second-order valence-electron chi connectivity index (χ2n) is 4.61. The summed E-state index contributed by atoms with van der Waals surface area (Å²) in [6.07, 6.45) is 0. The lowest BCUT2D eigenvalue weighted by Crippen LogP contribution is -2.24. The van der Waals surface area contributed by atoms with Crippen molar-refractivity contribution in [3.63, 3.8) is 0 Å². The van der Waals surface area contributed by atoms with Gasteiger partial charge < -0.3 is 10.6 Å². The molecule has 5 heteroatoms. The molecule has 0 heterocycles. The smallest absolute Gasteiger partial charge is 0.146 e. The SMILES string of the molecule is CCN(Cc1cccc(C(N)=S)c1F)c1ccccc1F. The van der Waals surface area contributed by atoms with Gasteiger partial charge in [0.25, 0.3) is 0 Å². The minimum atomic E-state index is -0.445. The molecule has 0 aliphatic carbocycles. The fourth-order valence-electron chi connectivity index (χ4n) is 2.17. The van der Waals surface area contributed by atoms with Crippen LogP contribution in [0.2, 0.25) is 0 Å². The van der Waals surface area contributed by atoms with E-state index >= 15 is 0 Å². The maximum absolute atomic E-state index is 14.3. The molecule has 0 bridgehead atoms. The number of hydrogen-bond donors (Lipinski definition) is 1. The highest BCUT2D eigenvalue weighted by atomic mass is 32.1. The number of para-hydroxylation sites is 1. The number of halogens is 2. The molecule has 2 aromatic carbocycles. The molecule has 0 aliphatic heterocycles. The third-order valence-corrected chi connectivity index (χ3v) is 3.50. The minimum Gasteiger partial charge on any atom is -0.389 e. The third-order valence-electron chi connectivity index (χ3n) is 3.28. The summed E-state index contributed by atoms with van der Waals surface area (Å²) in [5, 5.41) is 0.